The average Bonchev–Trinajstić information content (AvgIpc) is 2.82. The fraction of sp³-hybridized carbons (Fsp3) is 0.160. The minimum absolute atomic E-state index is 0.0888. The zero-order valence-corrected chi connectivity index (χ0v) is 18.1. The van der Waals surface area contributed by atoms with E-state index in [-0.39, 0.29) is 11.7 Å². The number of benzene rings is 3. The molecule has 7 nitrogen and oxygen atoms in total. The van der Waals surface area contributed by atoms with Crippen molar-refractivity contribution in [2.75, 3.05) is 23.3 Å². The molecule has 0 aromatic heterocycles. The number of phenolic OH excluding ortho intramolecular Hbond substituents is 1. The van der Waals surface area contributed by atoms with Gasteiger partial charge >= 0.3 is 0 Å². The predicted octanol–water partition coefficient (Wildman–Crippen LogP) is 4.25. The van der Waals surface area contributed by atoms with Crippen molar-refractivity contribution in [1.82, 2.24) is 5.43 Å². The first-order chi connectivity index (χ1) is 15.5. The molecule has 0 saturated carbocycles. The molecule has 0 aliphatic carbocycles. The molecule has 164 valence electrons. The number of hydrogen-bond acceptors (Lipinski definition) is 5. The molecule has 0 fully saturated rings. The predicted molar refractivity (Wildman–Crippen MR) is 128 cm³/mol. The molecule has 0 radical (unpaired) electrons. The Morgan fingerprint density at radius 2 is 1.56 bits per heavy atom. The number of aromatic hydroxyl groups is 1. The number of carbonyl (C=O) groups is 2. The van der Waals surface area contributed by atoms with Crippen LogP contribution in [0.2, 0.25) is 0 Å². The van der Waals surface area contributed by atoms with Crippen LogP contribution in [-0.2, 0) is 0 Å². The molecule has 0 spiro atoms. The minimum atomic E-state index is -0.401. The third-order valence-electron chi connectivity index (χ3n) is 4.95. The molecule has 3 rings (SSSR count). The number of amides is 2. The Kier molecular flexibility index (Phi) is 7.59. The Morgan fingerprint density at radius 1 is 0.906 bits per heavy atom. The molecule has 0 heterocycles. The summed E-state index contributed by atoms with van der Waals surface area (Å²) in [4.78, 5) is 26.6. The molecule has 0 saturated heterocycles. The number of hydrogen-bond donors (Lipinski definition) is 3. The molecule has 0 aliphatic heterocycles. The third kappa shape index (κ3) is 5.72. The summed E-state index contributed by atoms with van der Waals surface area (Å²) in [5, 5.41) is 17.0. The molecule has 0 unspecified atom stereocenters. The summed E-state index contributed by atoms with van der Waals surface area (Å²) in [6.07, 6.45) is 1.40. The van der Waals surface area contributed by atoms with Crippen LogP contribution in [0.3, 0.4) is 0 Å². The summed E-state index contributed by atoms with van der Waals surface area (Å²) in [6.45, 7) is 5.78. The smallest absolute Gasteiger partial charge is 0.271 e. The highest BCUT2D eigenvalue weighted by atomic mass is 16.3. The first-order valence-corrected chi connectivity index (χ1v) is 10.4. The van der Waals surface area contributed by atoms with Gasteiger partial charge in [-0.2, -0.15) is 5.10 Å². The Hall–Kier alpha value is -4.13. The van der Waals surface area contributed by atoms with Gasteiger partial charge in [0.15, 0.2) is 0 Å². The van der Waals surface area contributed by atoms with Crippen molar-refractivity contribution in [1.29, 1.82) is 0 Å². The second-order valence-corrected chi connectivity index (χ2v) is 7.01. The van der Waals surface area contributed by atoms with Gasteiger partial charge in [0.1, 0.15) is 5.75 Å². The highest BCUT2D eigenvalue weighted by Gasteiger charge is 2.08. The third-order valence-corrected chi connectivity index (χ3v) is 4.95. The van der Waals surface area contributed by atoms with Gasteiger partial charge in [0.25, 0.3) is 11.8 Å². The van der Waals surface area contributed by atoms with Gasteiger partial charge in [-0.1, -0.05) is 18.2 Å². The quantitative estimate of drug-likeness (QED) is 0.368. The molecule has 3 aromatic carbocycles. The summed E-state index contributed by atoms with van der Waals surface area (Å²) in [7, 11) is 0. The van der Waals surface area contributed by atoms with Crippen LogP contribution in [0.4, 0.5) is 11.4 Å². The van der Waals surface area contributed by atoms with Crippen LogP contribution in [-0.4, -0.2) is 36.2 Å². The van der Waals surface area contributed by atoms with Gasteiger partial charge < -0.3 is 15.3 Å². The molecule has 3 N–H and O–H groups in total. The van der Waals surface area contributed by atoms with Gasteiger partial charge in [-0.3, -0.25) is 9.59 Å². The molecular formula is C25H26N4O3. The van der Waals surface area contributed by atoms with Crippen molar-refractivity contribution in [2.45, 2.75) is 13.8 Å². The number of carbonyl (C=O) groups excluding carboxylic acids is 2. The van der Waals surface area contributed by atoms with Crippen molar-refractivity contribution in [3.8, 4) is 5.75 Å². The number of nitrogens with zero attached hydrogens (tertiary/aromatic N) is 2. The van der Waals surface area contributed by atoms with Crippen LogP contribution >= 0.6 is 0 Å². The normalized spacial score (nSPS) is 10.7. The Morgan fingerprint density at radius 3 is 2.19 bits per heavy atom. The lowest BCUT2D eigenvalue weighted by molar-refractivity contribution is 0.0954. The van der Waals surface area contributed by atoms with Crippen molar-refractivity contribution < 1.29 is 14.7 Å². The number of anilines is 2. The number of phenols is 1. The lowest BCUT2D eigenvalue weighted by Gasteiger charge is -2.21. The van der Waals surface area contributed by atoms with Gasteiger partial charge in [-0.05, 0) is 62.4 Å². The van der Waals surface area contributed by atoms with Gasteiger partial charge in [-0.15, -0.1) is 0 Å². The maximum atomic E-state index is 12.3. The molecule has 0 atom stereocenters. The summed E-state index contributed by atoms with van der Waals surface area (Å²) in [6, 6.07) is 20.7. The lowest BCUT2D eigenvalue weighted by atomic mass is 10.1. The second-order valence-electron chi connectivity index (χ2n) is 7.01. The first kappa shape index (κ1) is 22.6. The zero-order chi connectivity index (χ0) is 22.9. The standard InChI is InChI=1S/C25H26N4O3/c1-3-29(4-2)22-15-12-20(23(30)16-22)17-26-28-25(32)19-10-13-21(14-11-19)27-24(31)18-8-6-5-7-9-18/h5-17,30H,3-4H2,1-2H3,(H,27,31)(H,28,32)/b26-17+. The van der Waals surface area contributed by atoms with E-state index in [2.05, 4.69) is 34.6 Å². The van der Waals surface area contributed by atoms with Crippen molar-refractivity contribution in [3.05, 3.63) is 89.5 Å². The number of hydrazone groups is 1. The van der Waals surface area contributed by atoms with E-state index >= 15 is 0 Å². The highest BCUT2D eigenvalue weighted by molar-refractivity contribution is 6.04. The SMILES string of the molecule is CCN(CC)c1ccc(/C=N/NC(=O)c2ccc(NC(=O)c3ccccc3)cc2)c(O)c1. The topological polar surface area (TPSA) is 94.0 Å². The van der Waals surface area contributed by atoms with E-state index in [1.54, 1.807) is 60.7 Å². The van der Waals surface area contributed by atoms with Crippen LogP contribution in [0.25, 0.3) is 0 Å². The highest BCUT2D eigenvalue weighted by Crippen LogP contribution is 2.23. The summed E-state index contributed by atoms with van der Waals surface area (Å²) >= 11 is 0. The van der Waals surface area contributed by atoms with Crippen LogP contribution in [0.5, 0.6) is 5.75 Å². The summed E-state index contributed by atoms with van der Waals surface area (Å²) in [5.41, 5.74) is 5.39. The molecule has 2 amide bonds. The molecule has 3 aromatic rings. The van der Waals surface area contributed by atoms with Crippen LogP contribution in [0.1, 0.15) is 40.1 Å². The summed E-state index contributed by atoms with van der Waals surface area (Å²) in [5.74, 6) is -0.536. The van der Waals surface area contributed by atoms with E-state index in [9.17, 15) is 14.7 Å². The Bertz CT molecular complexity index is 1090. The lowest BCUT2D eigenvalue weighted by Crippen LogP contribution is -2.21. The molecular weight excluding hydrogens is 404 g/mol. The van der Waals surface area contributed by atoms with Gasteiger partial charge in [0.2, 0.25) is 0 Å². The second kappa shape index (κ2) is 10.8. The monoisotopic (exact) mass is 430 g/mol. The largest absolute Gasteiger partial charge is 0.507 e. The van der Waals surface area contributed by atoms with Crippen LogP contribution < -0.4 is 15.6 Å². The summed E-state index contributed by atoms with van der Waals surface area (Å²) < 4.78 is 0. The first-order valence-electron chi connectivity index (χ1n) is 10.4. The fourth-order valence-electron chi connectivity index (χ4n) is 3.15. The Balaban J connectivity index is 1.58. The maximum Gasteiger partial charge on any atom is 0.271 e. The van der Waals surface area contributed by atoms with Crippen LogP contribution in [0.15, 0.2) is 77.9 Å². The fourth-order valence-corrected chi connectivity index (χ4v) is 3.15. The van der Waals surface area contributed by atoms with Crippen molar-refractivity contribution >= 4 is 29.4 Å². The van der Waals surface area contributed by atoms with Crippen LogP contribution in [0, 0.1) is 0 Å². The van der Waals surface area contributed by atoms with Gasteiger partial charge in [0, 0.05) is 47.2 Å². The Labute approximate surface area is 187 Å². The van der Waals surface area contributed by atoms with E-state index in [1.165, 1.54) is 6.21 Å². The molecule has 7 heteroatoms. The van der Waals surface area contributed by atoms with E-state index in [1.807, 2.05) is 12.1 Å². The zero-order valence-electron chi connectivity index (χ0n) is 18.1. The van der Waals surface area contributed by atoms with E-state index < -0.39 is 5.91 Å². The van der Waals surface area contributed by atoms with Crippen molar-refractivity contribution in [2.24, 2.45) is 5.10 Å². The molecule has 32 heavy (non-hydrogen) atoms. The molecule has 0 aliphatic rings. The molecule has 0 bridgehead atoms. The van der Waals surface area contributed by atoms with Gasteiger partial charge in [-0.25, -0.2) is 5.43 Å². The number of rotatable bonds is 8. The average molecular weight is 431 g/mol. The minimum Gasteiger partial charge on any atom is -0.507 e. The number of nitrogens with one attached hydrogen (secondary N) is 2. The van der Waals surface area contributed by atoms with Gasteiger partial charge in [0.05, 0.1) is 6.21 Å². The van der Waals surface area contributed by atoms with Crippen molar-refractivity contribution in [3.63, 3.8) is 0 Å². The maximum absolute atomic E-state index is 12.3. The van der Waals surface area contributed by atoms with E-state index in [0.717, 1.165) is 18.8 Å². The van der Waals surface area contributed by atoms with E-state index in [0.29, 0.717) is 22.4 Å². The van der Waals surface area contributed by atoms with E-state index in [4.69, 9.17) is 0 Å².